The van der Waals surface area contributed by atoms with Gasteiger partial charge in [-0.2, -0.15) is 0 Å². The van der Waals surface area contributed by atoms with Crippen LogP contribution >= 0.6 is 0 Å². The Bertz CT molecular complexity index is 352. The van der Waals surface area contributed by atoms with Gasteiger partial charge in [-0.15, -0.1) is 0 Å². The lowest BCUT2D eigenvalue weighted by molar-refractivity contribution is -0.122. The first-order chi connectivity index (χ1) is 7.93. The van der Waals surface area contributed by atoms with Gasteiger partial charge in [0.25, 0.3) is 0 Å². The molecule has 0 radical (unpaired) electrons. The molecule has 0 aromatic rings. The second kappa shape index (κ2) is 5.96. The molecule has 1 rings (SSSR count). The second-order valence-electron chi connectivity index (χ2n) is 5.11. The van der Waals surface area contributed by atoms with Crippen LogP contribution in [0.3, 0.4) is 0 Å². The van der Waals surface area contributed by atoms with Crippen molar-refractivity contribution in [3.05, 3.63) is 0 Å². The van der Waals surface area contributed by atoms with Crippen molar-refractivity contribution in [1.29, 1.82) is 0 Å². The van der Waals surface area contributed by atoms with Gasteiger partial charge in [0.1, 0.15) is 15.6 Å². The Kier molecular flexibility index (Phi) is 5.13. The highest BCUT2D eigenvalue weighted by Crippen LogP contribution is 2.43. The number of hydrogen-bond donors (Lipinski definition) is 1. The van der Waals surface area contributed by atoms with E-state index in [-0.39, 0.29) is 22.7 Å². The van der Waals surface area contributed by atoms with Crippen molar-refractivity contribution in [1.82, 2.24) is 0 Å². The number of Topliss-reactive ketones (excluding diaryl/α,β-unsaturated/α-hetero) is 1. The van der Waals surface area contributed by atoms with Gasteiger partial charge in [-0.05, 0) is 31.2 Å². The molecule has 17 heavy (non-hydrogen) atoms. The van der Waals surface area contributed by atoms with Crippen LogP contribution in [0.1, 0.15) is 45.4 Å². The van der Waals surface area contributed by atoms with Gasteiger partial charge in [-0.25, -0.2) is 8.42 Å². The number of hydrogen-bond acceptors (Lipinski definition) is 4. The quantitative estimate of drug-likeness (QED) is 0.714. The maximum Gasteiger partial charge on any atom is 0.150 e. The van der Waals surface area contributed by atoms with Crippen molar-refractivity contribution < 1.29 is 13.2 Å². The average molecular weight is 261 g/mol. The van der Waals surface area contributed by atoms with Crippen LogP contribution in [0.5, 0.6) is 0 Å². The molecule has 0 heterocycles. The minimum Gasteiger partial charge on any atom is -0.330 e. The van der Waals surface area contributed by atoms with E-state index in [1.807, 2.05) is 0 Å². The third kappa shape index (κ3) is 4.39. The summed E-state index contributed by atoms with van der Waals surface area (Å²) in [6.45, 7) is 2.21. The van der Waals surface area contributed by atoms with Crippen LogP contribution in [0, 0.1) is 5.41 Å². The smallest absolute Gasteiger partial charge is 0.150 e. The van der Waals surface area contributed by atoms with Gasteiger partial charge in [-0.3, -0.25) is 4.79 Å². The first kappa shape index (κ1) is 14.6. The molecule has 5 heteroatoms. The topological polar surface area (TPSA) is 77.2 Å². The van der Waals surface area contributed by atoms with Crippen molar-refractivity contribution >= 4 is 15.6 Å². The maximum absolute atomic E-state index is 11.7. The summed E-state index contributed by atoms with van der Waals surface area (Å²) in [6.07, 6.45) is 4.62. The highest BCUT2D eigenvalue weighted by Gasteiger charge is 2.37. The molecule has 100 valence electrons. The molecule has 0 unspecified atom stereocenters. The predicted octanol–water partition coefficient (Wildman–Crippen LogP) is 1.29. The van der Waals surface area contributed by atoms with E-state index < -0.39 is 9.84 Å². The van der Waals surface area contributed by atoms with Crippen LogP contribution in [0.2, 0.25) is 0 Å². The normalized spacial score (nSPS) is 18.7. The minimum atomic E-state index is -2.93. The SMILES string of the molecule is CCS(=O)(=O)CCCC(=O)CC1(CN)CCC1. The van der Waals surface area contributed by atoms with E-state index >= 15 is 0 Å². The molecule has 0 aliphatic heterocycles. The number of carbonyl (C=O) groups excluding carboxylic acids is 1. The van der Waals surface area contributed by atoms with Crippen LogP contribution in [0.4, 0.5) is 0 Å². The molecule has 0 spiro atoms. The van der Waals surface area contributed by atoms with Crippen molar-refractivity contribution in [3.63, 3.8) is 0 Å². The Labute approximate surface area is 104 Å². The average Bonchev–Trinajstić information content (AvgIpc) is 2.23. The Hall–Kier alpha value is -0.420. The molecular formula is C12H23NO3S. The molecule has 0 amide bonds. The van der Waals surface area contributed by atoms with Gasteiger partial charge in [-0.1, -0.05) is 13.3 Å². The Balaban J connectivity index is 2.26. The minimum absolute atomic E-state index is 0.0424. The van der Waals surface area contributed by atoms with E-state index in [4.69, 9.17) is 5.73 Å². The molecule has 4 nitrogen and oxygen atoms in total. The zero-order chi connectivity index (χ0) is 12.9. The van der Waals surface area contributed by atoms with Gasteiger partial charge in [0.2, 0.25) is 0 Å². The summed E-state index contributed by atoms with van der Waals surface area (Å²) in [5, 5.41) is 0. The Morgan fingerprint density at radius 1 is 1.35 bits per heavy atom. The standard InChI is InChI=1S/C12H23NO3S/c1-2-17(15,16)8-3-5-11(14)9-12(10-13)6-4-7-12/h2-10,13H2,1H3. The zero-order valence-electron chi connectivity index (χ0n) is 10.6. The summed E-state index contributed by atoms with van der Waals surface area (Å²) >= 11 is 0. The first-order valence-corrected chi connectivity index (χ1v) is 8.17. The fraction of sp³-hybridized carbons (Fsp3) is 0.917. The van der Waals surface area contributed by atoms with Crippen LogP contribution in [0.15, 0.2) is 0 Å². The molecule has 0 saturated heterocycles. The number of rotatable bonds is 8. The van der Waals surface area contributed by atoms with Gasteiger partial charge >= 0.3 is 0 Å². The summed E-state index contributed by atoms with van der Waals surface area (Å²) in [7, 11) is -2.93. The zero-order valence-corrected chi connectivity index (χ0v) is 11.4. The fourth-order valence-electron chi connectivity index (χ4n) is 2.27. The Morgan fingerprint density at radius 2 is 2.00 bits per heavy atom. The van der Waals surface area contributed by atoms with Gasteiger partial charge in [0, 0.05) is 18.6 Å². The first-order valence-electron chi connectivity index (χ1n) is 6.35. The van der Waals surface area contributed by atoms with Crippen molar-refractivity contribution in [3.8, 4) is 0 Å². The molecule has 2 N–H and O–H groups in total. The van der Waals surface area contributed by atoms with Crippen LogP contribution in [-0.4, -0.2) is 32.3 Å². The molecule has 1 aliphatic rings. The van der Waals surface area contributed by atoms with Crippen LogP contribution in [0.25, 0.3) is 0 Å². The van der Waals surface area contributed by atoms with Crippen LogP contribution < -0.4 is 5.73 Å². The fourth-order valence-corrected chi connectivity index (χ4v) is 3.14. The lowest BCUT2D eigenvalue weighted by Crippen LogP contribution is -2.39. The highest BCUT2D eigenvalue weighted by molar-refractivity contribution is 7.91. The van der Waals surface area contributed by atoms with E-state index in [0.29, 0.717) is 25.8 Å². The molecule has 0 aromatic carbocycles. The number of ketones is 1. The van der Waals surface area contributed by atoms with E-state index in [9.17, 15) is 13.2 Å². The Morgan fingerprint density at radius 3 is 2.41 bits per heavy atom. The summed E-state index contributed by atoms with van der Waals surface area (Å²) in [5.41, 5.74) is 5.73. The third-order valence-electron chi connectivity index (χ3n) is 3.77. The van der Waals surface area contributed by atoms with Gasteiger partial charge < -0.3 is 5.73 Å². The molecule has 1 aliphatic carbocycles. The molecule has 0 aromatic heterocycles. The summed E-state index contributed by atoms with van der Waals surface area (Å²) in [4.78, 5) is 11.7. The monoisotopic (exact) mass is 261 g/mol. The second-order valence-corrected chi connectivity index (χ2v) is 7.59. The van der Waals surface area contributed by atoms with E-state index in [1.165, 1.54) is 0 Å². The van der Waals surface area contributed by atoms with Gasteiger partial charge in [0.15, 0.2) is 0 Å². The lowest BCUT2D eigenvalue weighted by Gasteiger charge is -2.40. The third-order valence-corrected chi connectivity index (χ3v) is 5.56. The van der Waals surface area contributed by atoms with Crippen molar-refractivity contribution in [2.75, 3.05) is 18.1 Å². The number of sulfone groups is 1. The van der Waals surface area contributed by atoms with E-state index in [1.54, 1.807) is 6.92 Å². The van der Waals surface area contributed by atoms with E-state index in [2.05, 4.69) is 0 Å². The molecule has 1 fully saturated rings. The molecule has 0 bridgehead atoms. The van der Waals surface area contributed by atoms with Crippen molar-refractivity contribution in [2.24, 2.45) is 11.1 Å². The largest absolute Gasteiger partial charge is 0.330 e. The summed E-state index contributed by atoms with van der Waals surface area (Å²) in [6, 6.07) is 0. The lowest BCUT2D eigenvalue weighted by atomic mass is 9.66. The van der Waals surface area contributed by atoms with Gasteiger partial charge in [0.05, 0.1) is 5.75 Å². The molecule has 1 saturated carbocycles. The van der Waals surface area contributed by atoms with E-state index in [0.717, 1.165) is 19.3 Å². The summed E-state index contributed by atoms with van der Waals surface area (Å²) < 4.78 is 22.5. The highest BCUT2D eigenvalue weighted by atomic mass is 32.2. The number of nitrogens with two attached hydrogens (primary N) is 1. The summed E-state index contributed by atoms with van der Waals surface area (Å²) in [5.74, 6) is 0.458. The molecule has 0 atom stereocenters. The maximum atomic E-state index is 11.7. The van der Waals surface area contributed by atoms with Crippen molar-refractivity contribution in [2.45, 2.75) is 45.4 Å². The van der Waals surface area contributed by atoms with Crippen LogP contribution in [-0.2, 0) is 14.6 Å². The molecular weight excluding hydrogens is 238 g/mol. The predicted molar refractivity (Wildman–Crippen MR) is 68.5 cm³/mol. The number of carbonyl (C=O) groups is 1.